The fourth-order valence-electron chi connectivity index (χ4n) is 0. The van der Waals surface area contributed by atoms with E-state index in [1.165, 1.54) is 0 Å². The Hall–Kier alpha value is -0.118. The minimum absolute atomic E-state index is 0.847. The molecule has 0 aliphatic heterocycles. The van der Waals surface area contributed by atoms with E-state index in [-0.39, 0.29) is 0 Å². The summed E-state index contributed by atoms with van der Waals surface area (Å²) in [7, 11) is -8.33. The summed E-state index contributed by atoms with van der Waals surface area (Å²) < 4.78 is 60.6. The Labute approximate surface area is 83.9 Å². The fraction of sp³-hybridized carbons (Fsp3) is 0.333. The van der Waals surface area contributed by atoms with E-state index in [2.05, 4.69) is 5.92 Å². The Morgan fingerprint density at radius 3 is 1.46 bits per heavy atom. The van der Waals surface area contributed by atoms with E-state index >= 15 is 0 Å². The van der Waals surface area contributed by atoms with Crippen LogP contribution in [0.25, 0.3) is 0 Å². The van der Waals surface area contributed by atoms with Gasteiger partial charge in [-0.3, -0.25) is 22.1 Å². The standard InChI is InChI=1S/C3H3.BF3.Li.H2O4S/c1-3-2;2-1(3)4;;1-5(2,3)4/h1H,2H2;;;(H2,1,2,3,4). The van der Waals surface area contributed by atoms with Gasteiger partial charge in [-0.1, -0.05) is 0 Å². The van der Waals surface area contributed by atoms with Gasteiger partial charge in [-0.15, -0.1) is 0 Å². The second-order valence-electron chi connectivity index (χ2n) is 1.25. The third-order valence-corrected chi connectivity index (χ3v) is 0.204. The molecule has 0 amide bonds. The van der Waals surface area contributed by atoms with Crippen molar-refractivity contribution in [2.75, 3.05) is 0 Å². The molecule has 0 fully saturated rings. The first kappa shape index (κ1) is 18.6. The molecule has 13 heavy (non-hydrogen) atoms. The van der Waals surface area contributed by atoms with Crippen LogP contribution in [0.4, 0.5) is 12.9 Å². The molecule has 0 spiro atoms. The summed E-state index contributed by atoms with van der Waals surface area (Å²) in [6.07, 6.45) is 4.78. The third kappa shape index (κ3) is 1490. The summed E-state index contributed by atoms with van der Waals surface area (Å²) in [5.74, 6) is 2.43. The van der Waals surface area contributed by atoms with Crippen molar-refractivity contribution in [1.82, 2.24) is 0 Å². The maximum absolute atomic E-state index is 9.67. The normalized spacial score (nSPS) is 8.15. The van der Waals surface area contributed by atoms with Gasteiger partial charge in [0, 0.05) is 0 Å². The second kappa shape index (κ2) is 11.9. The van der Waals surface area contributed by atoms with E-state index in [9.17, 15) is 12.9 Å². The van der Waals surface area contributed by atoms with Crippen molar-refractivity contribution in [3.05, 3.63) is 0 Å². The van der Waals surface area contributed by atoms with Crippen LogP contribution in [0.3, 0.4) is 0 Å². The van der Waals surface area contributed by atoms with Crippen molar-refractivity contribution >= 4 is 35.7 Å². The van der Waals surface area contributed by atoms with Crippen molar-refractivity contribution in [2.24, 2.45) is 0 Å². The van der Waals surface area contributed by atoms with Gasteiger partial charge >= 0.3 is 53.1 Å². The number of terminal acetylenes is 1. The van der Waals surface area contributed by atoms with Crippen molar-refractivity contribution < 1.29 is 30.5 Å². The van der Waals surface area contributed by atoms with Crippen molar-refractivity contribution in [3.8, 4) is 12.3 Å². The molecular weight excluding hydrogens is 207 g/mol. The molecule has 0 aromatic heterocycles. The molecule has 72 valence electrons. The topological polar surface area (TPSA) is 74.6 Å². The van der Waals surface area contributed by atoms with E-state index in [1.54, 1.807) is 0 Å². The summed E-state index contributed by atoms with van der Waals surface area (Å²) >= 11 is 1.94. The van der Waals surface area contributed by atoms with Crippen LogP contribution in [0.1, 0.15) is 0 Å². The molecule has 10 heteroatoms. The molecule has 0 aromatic rings. The summed E-state index contributed by atoms with van der Waals surface area (Å²) in [5.41, 5.74) is 0. The summed E-state index contributed by atoms with van der Waals surface area (Å²) in [6.45, 7) is 0. The van der Waals surface area contributed by atoms with Gasteiger partial charge in [0.05, 0.1) is 0 Å². The number of hydrogen-bond acceptors (Lipinski definition) is 2. The first-order chi connectivity index (χ1) is 5.65. The Morgan fingerprint density at radius 2 is 1.46 bits per heavy atom. The van der Waals surface area contributed by atoms with Crippen LogP contribution in [0, 0.1) is 12.3 Å². The molecule has 2 N–H and O–H groups in total. The van der Waals surface area contributed by atoms with Crippen LogP contribution >= 0.6 is 0 Å². The molecule has 0 radical (unpaired) electrons. The Morgan fingerprint density at radius 1 is 1.38 bits per heavy atom. The third-order valence-electron chi connectivity index (χ3n) is 0.204. The molecule has 0 bridgehead atoms. The van der Waals surface area contributed by atoms with Crippen LogP contribution in [0.2, 0.25) is 5.09 Å². The molecule has 0 saturated carbocycles. The van der Waals surface area contributed by atoms with E-state index in [4.69, 9.17) is 23.9 Å². The zero-order chi connectivity index (χ0) is 11.5. The predicted molar refractivity (Wildman–Crippen MR) is 42.6 cm³/mol. The molecule has 0 rings (SSSR count). The summed E-state index contributed by atoms with van der Waals surface area (Å²) in [5, 5.41) is 0.847. The van der Waals surface area contributed by atoms with E-state index in [1.807, 2.05) is 17.7 Å². The predicted octanol–water partition coefficient (Wildman–Crippen LogP) is 0.433. The van der Waals surface area contributed by atoms with E-state index < -0.39 is 17.9 Å². The molecule has 0 heterocycles. The Kier molecular flexibility index (Phi) is 17.0. The molecule has 0 aromatic carbocycles. The van der Waals surface area contributed by atoms with Crippen LogP contribution in [0.5, 0.6) is 0 Å². The van der Waals surface area contributed by atoms with Gasteiger partial charge in [0.15, 0.2) is 0 Å². The van der Waals surface area contributed by atoms with E-state index in [0.717, 1.165) is 5.09 Å². The molecule has 0 aliphatic carbocycles. The zero-order valence-corrected chi connectivity index (χ0v) is 7.43. The van der Waals surface area contributed by atoms with Crippen molar-refractivity contribution in [3.63, 3.8) is 0 Å². The van der Waals surface area contributed by atoms with E-state index in [0.29, 0.717) is 0 Å². The van der Waals surface area contributed by atoms with Gasteiger partial charge in [-0.2, -0.15) is 8.42 Å². The first-order valence-corrected chi connectivity index (χ1v) is 4.10. The monoisotopic (exact) mass is 212 g/mol. The van der Waals surface area contributed by atoms with Gasteiger partial charge in [0.1, 0.15) is 0 Å². The molecule has 0 aliphatic rings. The number of hydrogen-bond donors (Lipinski definition) is 2. The zero-order valence-electron chi connectivity index (χ0n) is 6.61. The molecule has 0 atom stereocenters. The quantitative estimate of drug-likeness (QED) is 0.347. The minimum atomic E-state index is -4.67. The van der Waals surface area contributed by atoms with Gasteiger partial charge < -0.3 is 0 Å². The van der Waals surface area contributed by atoms with Gasteiger partial charge in [-0.05, 0) is 0 Å². The van der Waals surface area contributed by atoms with Crippen molar-refractivity contribution in [2.45, 2.75) is 5.09 Å². The van der Waals surface area contributed by atoms with Crippen LogP contribution in [0.15, 0.2) is 0 Å². The summed E-state index contributed by atoms with van der Waals surface area (Å²) in [6, 6.07) is 0. The maximum atomic E-state index is 9.67. The van der Waals surface area contributed by atoms with Crippen LogP contribution in [-0.4, -0.2) is 42.8 Å². The average Bonchev–Trinajstić information content (AvgIpc) is 1.82. The molecule has 4 nitrogen and oxygen atoms in total. The van der Waals surface area contributed by atoms with Gasteiger partial charge in [0.25, 0.3) is 0 Å². The molecule has 0 saturated heterocycles. The molecular formula is C3H5BF3LiO4S. The van der Waals surface area contributed by atoms with Crippen molar-refractivity contribution in [1.29, 1.82) is 0 Å². The van der Waals surface area contributed by atoms with Crippen LogP contribution < -0.4 is 0 Å². The van der Waals surface area contributed by atoms with Gasteiger partial charge in [0.2, 0.25) is 0 Å². The average molecular weight is 212 g/mol. The SMILES string of the molecule is FB(F)F.O=S(=O)(O)O.[Li][CH2]C#C. The number of rotatable bonds is 0. The van der Waals surface area contributed by atoms with Gasteiger partial charge in [-0.25, -0.2) is 0 Å². The Balaban J connectivity index is -0.000000117. The fourth-order valence-corrected chi connectivity index (χ4v) is 0. The second-order valence-corrected chi connectivity index (χ2v) is 2.15. The van der Waals surface area contributed by atoms with Crippen LogP contribution in [-0.2, 0) is 10.4 Å². The molecule has 0 unspecified atom stereocenters. The number of halogens is 3. The first-order valence-electron chi connectivity index (χ1n) is 2.70. The Bertz CT molecular complexity index is 215. The summed E-state index contributed by atoms with van der Waals surface area (Å²) in [4.78, 5) is 0.